The molecule has 0 saturated carbocycles. The standard InChI is InChI=1S/C17H28O/c1-7-17(5,6)15(12-16(2,3)4)13-8-10-14(18)11-9-13/h8-11,15,18H,7,12H2,1-6H3. The van der Waals surface area contributed by atoms with Crippen molar-refractivity contribution in [1.29, 1.82) is 0 Å². The van der Waals surface area contributed by atoms with Gasteiger partial charge >= 0.3 is 0 Å². The molecule has 0 spiro atoms. The average molecular weight is 248 g/mol. The van der Waals surface area contributed by atoms with Gasteiger partial charge < -0.3 is 5.11 Å². The molecule has 0 aromatic heterocycles. The highest BCUT2D eigenvalue weighted by Crippen LogP contribution is 2.45. The first-order valence-electron chi connectivity index (χ1n) is 6.94. The van der Waals surface area contributed by atoms with Crippen molar-refractivity contribution in [1.82, 2.24) is 0 Å². The third-order valence-electron chi connectivity index (χ3n) is 3.97. The lowest BCUT2D eigenvalue weighted by molar-refractivity contribution is 0.203. The van der Waals surface area contributed by atoms with Gasteiger partial charge in [-0.15, -0.1) is 0 Å². The number of benzene rings is 1. The smallest absolute Gasteiger partial charge is 0.115 e. The predicted molar refractivity (Wildman–Crippen MR) is 79.0 cm³/mol. The SMILES string of the molecule is CCC(C)(C)C(CC(C)(C)C)c1ccc(O)cc1. The van der Waals surface area contributed by atoms with E-state index in [9.17, 15) is 5.11 Å². The summed E-state index contributed by atoms with van der Waals surface area (Å²) < 4.78 is 0. The van der Waals surface area contributed by atoms with Crippen LogP contribution in [0.5, 0.6) is 5.75 Å². The van der Waals surface area contributed by atoms with E-state index in [-0.39, 0.29) is 5.41 Å². The second-order valence-electron chi connectivity index (χ2n) is 7.25. The molecule has 1 nitrogen and oxygen atoms in total. The molecule has 18 heavy (non-hydrogen) atoms. The topological polar surface area (TPSA) is 20.2 Å². The van der Waals surface area contributed by atoms with Crippen LogP contribution in [0.4, 0.5) is 0 Å². The first-order valence-corrected chi connectivity index (χ1v) is 6.94. The molecule has 0 bridgehead atoms. The zero-order valence-electron chi connectivity index (χ0n) is 12.7. The summed E-state index contributed by atoms with van der Waals surface area (Å²) in [6.07, 6.45) is 2.33. The van der Waals surface area contributed by atoms with Gasteiger partial charge in [-0.3, -0.25) is 0 Å². The molecule has 1 aromatic carbocycles. The largest absolute Gasteiger partial charge is 0.508 e. The van der Waals surface area contributed by atoms with Gasteiger partial charge in [0.2, 0.25) is 0 Å². The molecule has 0 aliphatic rings. The van der Waals surface area contributed by atoms with Crippen LogP contribution in [0.15, 0.2) is 24.3 Å². The Kier molecular flexibility index (Phi) is 4.47. The number of phenols is 1. The van der Waals surface area contributed by atoms with E-state index < -0.39 is 0 Å². The van der Waals surface area contributed by atoms with Gasteiger partial charge in [0.15, 0.2) is 0 Å². The van der Waals surface area contributed by atoms with Crippen molar-refractivity contribution < 1.29 is 5.11 Å². The summed E-state index contributed by atoms with van der Waals surface area (Å²) >= 11 is 0. The van der Waals surface area contributed by atoms with E-state index >= 15 is 0 Å². The van der Waals surface area contributed by atoms with E-state index in [2.05, 4.69) is 53.7 Å². The maximum atomic E-state index is 9.43. The van der Waals surface area contributed by atoms with Crippen LogP contribution in [0.3, 0.4) is 0 Å². The van der Waals surface area contributed by atoms with Crippen molar-refractivity contribution in [2.45, 2.75) is 60.3 Å². The molecule has 1 unspecified atom stereocenters. The minimum absolute atomic E-state index is 0.282. The summed E-state index contributed by atoms with van der Waals surface area (Å²) in [6, 6.07) is 7.75. The molecule has 1 atom stereocenters. The number of hydrogen-bond acceptors (Lipinski definition) is 1. The van der Waals surface area contributed by atoms with Crippen LogP contribution in [0, 0.1) is 10.8 Å². The summed E-state index contributed by atoms with van der Waals surface area (Å²) in [5.74, 6) is 0.880. The monoisotopic (exact) mass is 248 g/mol. The van der Waals surface area contributed by atoms with Crippen molar-refractivity contribution >= 4 is 0 Å². The Morgan fingerprint density at radius 3 is 1.89 bits per heavy atom. The molecule has 1 rings (SSSR count). The first-order chi connectivity index (χ1) is 8.15. The average Bonchev–Trinajstić information content (AvgIpc) is 2.26. The van der Waals surface area contributed by atoms with Crippen molar-refractivity contribution in [2.75, 3.05) is 0 Å². The molecule has 0 heterocycles. The molecular formula is C17H28O. The normalized spacial score (nSPS) is 14.6. The van der Waals surface area contributed by atoms with Crippen LogP contribution in [-0.2, 0) is 0 Å². The summed E-state index contributed by atoms with van der Waals surface area (Å²) in [5, 5.41) is 9.43. The molecular weight excluding hydrogens is 220 g/mol. The molecule has 0 radical (unpaired) electrons. The van der Waals surface area contributed by atoms with Crippen LogP contribution >= 0.6 is 0 Å². The van der Waals surface area contributed by atoms with Crippen LogP contribution in [0.1, 0.15) is 65.9 Å². The summed E-state index contributed by atoms with van der Waals surface area (Å²) in [4.78, 5) is 0. The molecule has 0 amide bonds. The Morgan fingerprint density at radius 1 is 1.00 bits per heavy atom. The van der Waals surface area contributed by atoms with Gasteiger partial charge in [-0.2, -0.15) is 0 Å². The van der Waals surface area contributed by atoms with E-state index in [1.54, 1.807) is 12.1 Å². The highest BCUT2D eigenvalue weighted by Gasteiger charge is 2.32. The molecule has 1 aromatic rings. The lowest BCUT2D eigenvalue weighted by Gasteiger charge is -2.38. The van der Waals surface area contributed by atoms with Crippen molar-refractivity contribution in [3.63, 3.8) is 0 Å². The van der Waals surface area contributed by atoms with Gasteiger partial charge in [-0.25, -0.2) is 0 Å². The molecule has 0 aliphatic heterocycles. The van der Waals surface area contributed by atoms with Crippen LogP contribution in [0.25, 0.3) is 0 Å². The van der Waals surface area contributed by atoms with E-state index in [0.29, 0.717) is 17.1 Å². The van der Waals surface area contributed by atoms with Gasteiger partial charge in [0.1, 0.15) is 5.75 Å². The lowest BCUT2D eigenvalue weighted by Crippen LogP contribution is -2.25. The van der Waals surface area contributed by atoms with Crippen LogP contribution in [-0.4, -0.2) is 5.11 Å². The zero-order chi connectivity index (χ0) is 14.0. The lowest BCUT2D eigenvalue weighted by atomic mass is 9.67. The second-order valence-corrected chi connectivity index (χ2v) is 7.25. The highest BCUT2D eigenvalue weighted by atomic mass is 16.3. The molecule has 0 fully saturated rings. The number of rotatable bonds is 4. The fraction of sp³-hybridized carbons (Fsp3) is 0.647. The van der Waals surface area contributed by atoms with Crippen molar-refractivity contribution in [3.05, 3.63) is 29.8 Å². The molecule has 102 valence electrons. The summed E-state index contributed by atoms with van der Waals surface area (Å²) in [5.41, 5.74) is 1.94. The third-order valence-corrected chi connectivity index (χ3v) is 3.97. The minimum atomic E-state index is 0.282. The third kappa shape index (κ3) is 4.04. The summed E-state index contributed by atoms with van der Waals surface area (Å²) in [7, 11) is 0. The Balaban J connectivity index is 3.08. The number of phenolic OH excluding ortho intramolecular Hbond substituents is 1. The fourth-order valence-corrected chi connectivity index (χ4v) is 2.41. The minimum Gasteiger partial charge on any atom is -0.508 e. The van der Waals surface area contributed by atoms with Crippen LogP contribution < -0.4 is 0 Å². The van der Waals surface area contributed by atoms with Gasteiger partial charge in [0, 0.05) is 0 Å². The maximum Gasteiger partial charge on any atom is 0.115 e. The Bertz CT molecular complexity index is 368. The molecule has 1 heteroatoms. The Hall–Kier alpha value is -0.980. The Morgan fingerprint density at radius 2 is 1.50 bits per heavy atom. The van der Waals surface area contributed by atoms with Gasteiger partial charge in [0.25, 0.3) is 0 Å². The predicted octanol–water partition coefficient (Wildman–Crippen LogP) is 5.35. The fourth-order valence-electron chi connectivity index (χ4n) is 2.41. The Labute approximate surface area is 112 Å². The molecule has 1 N–H and O–H groups in total. The zero-order valence-corrected chi connectivity index (χ0v) is 12.7. The van der Waals surface area contributed by atoms with Crippen LogP contribution in [0.2, 0.25) is 0 Å². The quantitative estimate of drug-likeness (QED) is 0.761. The number of aromatic hydroxyl groups is 1. The van der Waals surface area contributed by atoms with E-state index in [1.807, 2.05) is 0 Å². The van der Waals surface area contributed by atoms with Gasteiger partial charge in [-0.05, 0) is 40.9 Å². The van der Waals surface area contributed by atoms with Crippen molar-refractivity contribution in [2.24, 2.45) is 10.8 Å². The highest BCUT2D eigenvalue weighted by molar-refractivity contribution is 5.29. The van der Waals surface area contributed by atoms with E-state index in [4.69, 9.17) is 0 Å². The number of hydrogen-bond donors (Lipinski definition) is 1. The first kappa shape index (κ1) is 15.1. The van der Waals surface area contributed by atoms with E-state index in [0.717, 1.165) is 6.42 Å². The van der Waals surface area contributed by atoms with Crippen molar-refractivity contribution in [3.8, 4) is 5.75 Å². The van der Waals surface area contributed by atoms with E-state index in [1.165, 1.54) is 12.0 Å². The maximum absolute atomic E-state index is 9.43. The van der Waals surface area contributed by atoms with Gasteiger partial charge in [-0.1, -0.05) is 60.1 Å². The van der Waals surface area contributed by atoms with Gasteiger partial charge in [0.05, 0.1) is 0 Å². The second kappa shape index (κ2) is 5.34. The summed E-state index contributed by atoms with van der Waals surface area (Å²) in [6.45, 7) is 13.8. The molecule has 0 aliphatic carbocycles. The molecule has 0 saturated heterocycles.